The number of aromatic nitrogens is 2. The lowest BCUT2D eigenvalue weighted by atomic mass is 10.2. The van der Waals surface area contributed by atoms with E-state index in [0.717, 1.165) is 10.8 Å². The van der Waals surface area contributed by atoms with Gasteiger partial charge in [-0.15, -0.1) is 0 Å². The molecular weight excluding hydrogens is 306 g/mol. The SMILES string of the molecule is COC(=O)c1cn(C(=O)NCCBr)c(=O)nc1C. The van der Waals surface area contributed by atoms with Crippen LogP contribution in [0.3, 0.4) is 0 Å². The number of halogens is 1. The number of alkyl halides is 1. The van der Waals surface area contributed by atoms with Crippen molar-refractivity contribution in [1.82, 2.24) is 14.9 Å². The van der Waals surface area contributed by atoms with Gasteiger partial charge in [0, 0.05) is 18.1 Å². The molecular formula is C10H12BrN3O4. The standard InChI is InChI=1S/C10H12BrN3O4/c1-6-7(8(15)18-2)5-14(10(17)13-6)9(16)12-4-3-11/h5H,3-4H2,1-2H3,(H,12,16). The average Bonchev–Trinajstić information content (AvgIpc) is 2.35. The zero-order valence-electron chi connectivity index (χ0n) is 9.90. The predicted molar refractivity (Wildman–Crippen MR) is 67.2 cm³/mol. The van der Waals surface area contributed by atoms with Crippen molar-refractivity contribution in [3.8, 4) is 0 Å². The van der Waals surface area contributed by atoms with Gasteiger partial charge in [-0.25, -0.2) is 19.0 Å². The average molecular weight is 318 g/mol. The Morgan fingerprint density at radius 2 is 2.22 bits per heavy atom. The van der Waals surface area contributed by atoms with Crippen LogP contribution < -0.4 is 11.0 Å². The summed E-state index contributed by atoms with van der Waals surface area (Å²) in [5, 5.41) is 3.03. The minimum atomic E-state index is -0.743. The molecule has 8 heteroatoms. The van der Waals surface area contributed by atoms with Gasteiger partial charge in [0.15, 0.2) is 0 Å². The highest BCUT2D eigenvalue weighted by Gasteiger charge is 2.16. The van der Waals surface area contributed by atoms with Crippen molar-refractivity contribution in [1.29, 1.82) is 0 Å². The van der Waals surface area contributed by atoms with E-state index >= 15 is 0 Å². The third kappa shape index (κ3) is 3.16. The van der Waals surface area contributed by atoms with Crippen LogP contribution in [-0.4, -0.2) is 40.5 Å². The Hall–Kier alpha value is -1.70. The summed E-state index contributed by atoms with van der Waals surface area (Å²) in [5.74, 6) is -0.651. The van der Waals surface area contributed by atoms with E-state index in [-0.39, 0.29) is 11.3 Å². The summed E-state index contributed by atoms with van der Waals surface area (Å²) < 4.78 is 5.28. The van der Waals surface area contributed by atoms with Gasteiger partial charge in [-0.2, -0.15) is 4.98 Å². The number of rotatable bonds is 3. The van der Waals surface area contributed by atoms with E-state index in [1.807, 2.05) is 0 Å². The van der Waals surface area contributed by atoms with Crippen LogP contribution in [0.1, 0.15) is 16.1 Å². The highest BCUT2D eigenvalue weighted by Crippen LogP contribution is 2.03. The summed E-state index contributed by atoms with van der Waals surface area (Å²) in [5.41, 5.74) is -0.449. The van der Waals surface area contributed by atoms with Crippen LogP contribution in [0.4, 0.5) is 4.79 Å². The van der Waals surface area contributed by atoms with Crippen LogP contribution in [0.15, 0.2) is 11.0 Å². The number of hydrogen-bond donors (Lipinski definition) is 1. The fraction of sp³-hybridized carbons (Fsp3) is 0.400. The molecule has 0 bridgehead atoms. The van der Waals surface area contributed by atoms with Gasteiger partial charge in [-0.3, -0.25) is 0 Å². The summed E-state index contributed by atoms with van der Waals surface area (Å²) in [7, 11) is 1.21. The van der Waals surface area contributed by atoms with E-state index in [1.165, 1.54) is 14.0 Å². The molecule has 0 spiro atoms. The van der Waals surface area contributed by atoms with Crippen LogP contribution >= 0.6 is 15.9 Å². The molecule has 0 atom stereocenters. The molecule has 0 saturated heterocycles. The number of nitrogens with zero attached hydrogens (tertiary/aromatic N) is 2. The maximum atomic E-state index is 11.6. The minimum absolute atomic E-state index is 0.0751. The minimum Gasteiger partial charge on any atom is -0.465 e. The molecule has 1 N–H and O–H groups in total. The predicted octanol–water partition coefficient (Wildman–Crippen LogP) is 0.291. The summed E-state index contributed by atoms with van der Waals surface area (Å²) in [4.78, 5) is 38.2. The number of nitrogens with one attached hydrogen (secondary N) is 1. The van der Waals surface area contributed by atoms with Gasteiger partial charge in [0.25, 0.3) is 0 Å². The molecule has 0 unspecified atom stereocenters. The van der Waals surface area contributed by atoms with Crippen molar-refractivity contribution in [2.75, 3.05) is 19.0 Å². The van der Waals surface area contributed by atoms with Crippen molar-refractivity contribution in [2.45, 2.75) is 6.92 Å². The Labute approximate surface area is 111 Å². The number of methoxy groups -OCH3 is 1. The lowest BCUT2D eigenvalue weighted by Gasteiger charge is -2.08. The Morgan fingerprint density at radius 3 is 2.78 bits per heavy atom. The second-order valence-corrected chi connectivity index (χ2v) is 4.10. The molecule has 0 saturated carbocycles. The quantitative estimate of drug-likeness (QED) is 0.639. The van der Waals surface area contributed by atoms with Crippen LogP contribution in [0.25, 0.3) is 0 Å². The van der Waals surface area contributed by atoms with E-state index in [9.17, 15) is 14.4 Å². The van der Waals surface area contributed by atoms with Gasteiger partial charge in [0.2, 0.25) is 0 Å². The number of hydrogen-bond acceptors (Lipinski definition) is 5. The lowest BCUT2D eigenvalue weighted by Crippen LogP contribution is -2.39. The number of carbonyl (C=O) groups excluding carboxylic acids is 2. The first-order valence-electron chi connectivity index (χ1n) is 5.04. The molecule has 0 aromatic carbocycles. The topological polar surface area (TPSA) is 90.3 Å². The number of amides is 1. The van der Waals surface area contributed by atoms with Crippen LogP contribution in [0.2, 0.25) is 0 Å². The molecule has 1 aromatic heterocycles. The van der Waals surface area contributed by atoms with Crippen molar-refractivity contribution in [3.05, 3.63) is 27.9 Å². The molecule has 1 aromatic rings. The van der Waals surface area contributed by atoms with Crippen molar-refractivity contribution in [2.24, 2.45) is 0 Å². The molecule has 1 rings (SSSR count). The van der Waals surface area contributed by atoms with Crippen molar-refractivity contribution < 1.29 is 14.3 Å². The van der Waals surface area contributed by atoms with E-state index in [0.29, 0.717) is 11.9 Å². The van der Waals surface area contributed by atoms with Gasteiger partial charge in [-0.05, 0) is 6.92 Å². The summed E-state index contributed by atoms with van der Waals surface area (Å²) in [6.07, 6.45) is 1.13. The van der Waals surface area contributed by atoms with Gasteiger partial charge in [0.1, 0.15) is 0 Å². The third-order valence-electron chi connectivity index (χ3n) is 2.11. The molecule has 1 amide bonds. The van der Waals surface area contributed by atoms with Crippen LogP contribution in [-0.2, 0) is 4.74 Å². The highest BCUT2D eigenvalue weighted by molar-refractivity contribution is 9.09. The fourth-order valence-corrected chi connectivity index (χ4v) is 1.43. The number of ether oxygens (including phenoxy) is 1. The van der Waals surface area contributed by atoms with Crippen molar-refractivity contribution in [3.63, 3.8) is 0 Å². The molecule has 7 nitrogen and oxygen atoms in total. The first-order chi connectivity index (χ1) is 8.51. The molecule has 0 aliphatic rings. The molecule has 18 heavy (non-hydrogen) atoms. The molecule has 0 radical (unpaired) electrons. The number of carbonyl (C=O) groups is 2. The zero-order valence-corrected chi connectivity index (χ0v) is 11.5. The molecule has 1 heterocycles. The van der Waals surface area contributed by atoms with Gasteiger partial charge < -0.3 is 10.1 Å². The smallest absolute Gasteiger partial charge is 0.356 e. The first-order valence-corrected chi connectivity index (χ1v) is 6.16. The summed E-state index contributed by atoms with van der Waals surface area (Å²) in [6, 6.07) is -0.642. The highest BCUT2D eigenvalue weighted by atomic mass is 79.9. The van der Waals surface area contributed by atoms with E-state index < -0.39 is 17.7 Å². The molecule has 0 fully saturated rings. The van der Waals surface area contributed by atoms with E-state index in [1.54, 1.807) is 0 Å². The van der Waals surface area contributed by atoms with Crippen LogP contribution in [0, 0.1) is 6.92 Å². The van der Waals surface area contributed by atoms with Crippen LogP contribution in [0.5, 0.6) is 0 Å². The monoisotopic (exact) mass is 317 g/mol. The second kappa shape index (κ2) is 6.29. The maximum absolute atomic E-state index is 11.6. The number of aryl methyl sites for hydroxylation is 1. The van der Waals surface area contributed by atoms with Gasteiger partial charge >= 0.3 is 17.7 Å². The Bertz CT molecular complexity index is 526. The normalized spacial score (nSPS) is 9.94. The fourth-order valence-electron chi connectivity index (χ4n) is 1.23. The first kappa shape index (κ1) is 14.4. The largest absolute Gasteiger partial charge is 0.465 e. The van der Waals surface area contributed by atoms with Crippen molar-refractivity contribution >= 4 is 27.9 Å². The molecule has 0 aliphatic carbocycles. The van der Waals surface area contributed by atoms with E-state index in [4.69, 9.17) is 0 Å². The zero-order chi connectivity index (χ0) is 13.7. The molecule has 0 aliphatic heterocycles. The Balaban J connectivity index is 3.17. The number of esters is 1. The summed E-state index contributed by atoms with van der Waals surface area (Å²) in [6.45, 7) is 1.85. The van der Waals surface area contributed by atoms with E-state index in [2.05, 4.69) is 31.0 Å². The Kier molecular flexibility index (Phi) is 5.02. The third-order valence-corrected chi connectivity index (χ3v) is 2.51. The lowest BCUT2D eigenvalue weighted by molar-refractivity contribution is 0.0598. The second-order valence-electron chi connectivity index (χ2n) is 3.31. The maximum Gasteiger partial charge on any atom is 0.356 e. The molecule has 98 valence electrons. The van der Waals surface area contributed by atoms with Gasteiger partial charge in [-0.1, -0.05) is 15.9 Å². The van der Waals surface area contributed by atoms with Gasteiger partial charge in [0.05, 0.1) is 18.4 Å². The Morgan fingerprint density at radius 1 is 1.56 bits per heavy atom. The summed E-state index contributed by atoms with van der Waals surface area (Å²) >= 11 is 3.14.